The highest BCUT2D eigenvalue weighted by Gasteiger charge is 2.13. The highest BCUT2D eigenvalue weighted by Crippen LogP contribution is 2.21. The lowest BCUT2D eigenvalue weighted by molar-refractivity contribution is -0.114. The van der Waals surface area contributed by atoms with E-state index in [0.29, 0.717) is 16.8 Å². The van der Waals surface area contributed by atoms with E-state index in [2.05, 4.69) is 25.8 Å². The number of anilines is 2. The summed E-state index contributed by atoms with van der Waals surface area (Å²) in [6, 6.07) is 14.6. The van der Waals surface area contributed by atoms with E-state index in [1.807, 2.05) is 38.1 Å². The third kappa shape index (κ3) is 4.59. The Kier molecular flexibility index (Phi) is 6.03. The van der Waals surface area contributed by atoms with E-state index in [-0.39, 0.29) is 23.1 Å². The van der Waals surface area contributed by atoms with Gasteiger partial charge in [0.05, 0.1) is 11.9 Å². The molecule has 1 amide bonds. The Labute approximate surface area is 173 Å². The molecule has 0 radical (unpaired) electrons. The summed E-state index contributed by atoms with van der Waals surface area (Å²) in [5.41, 5.74) is 6.38. The maximum absolute atomic E-state index is 12.3. The number of aromatic amines is 1. The first kappa shape index (κ1) is 20.5. The zero-order chi connectivity index (χ0) is 21.7. The molecule has 3 aromatic rings. The van der Waals surface area contributed by atoms with Gasteiger partial charge in [-0.2, -0.15) is 10.4 Å². The number of nitrogens with one attached hydrogen (secondary N) is 3. The number of amides is 1. The molecular formula is C22H20N6O2. The van der Waals surface area contributed by atoms with E-state index >= 15 is 0 Å². The van der Waals surface area contributed by atoms with E-state index in [1.54, 1.807) is 24.3 Å². The number of aryl methyl sites for hydroxylation is 2. The van der Waals surface area contributed by atoms with Crippen molar-refractivity contribution in [3.8, 4) is 17.3 Å². The first-order chi connectivity index (χ1) is 14.4. The number of H-pyrrole nitrogens is 1. The van der Waals surface area contributed by atoms with Gasteiger partial charge in [-0.3, -0.25) is 14.6 Å². The second kappa shape index (κ2) is 8.84. The molecule has 0 fully saturated rings. The maximum Gasteiger partial charge on any atom is 0.270 e. The number of carbonyl (C=O) groups excluding carboxylic acids is 1. The number of carbonyl (C=O) groups is 1. The molecule has 0 atom stereocenters. The number of rotatable bonds is 5. The van der Waals surface area contributed by atoms with Crippen molar-refractivity contribution >= 4 is 23.8 Å². The summed E-state index contributed by atoms with van der Waals surface area (Å²) < 4.78 is 0. The monoisotopic (exact) mass is 400 g/mol. The summed E-state index contributed by atoms with van der Waals surface area (Å²) in [4.78, 5) is 30.6. The zero-order valence-corrected chi connectivity index (χ0v) is 16.8. The molecule has 0 saturated carbocycles. The van der Waals surface area contributed by atoms with Crippen molar-refractivity contribution in [1.82, 2.24) is 9.97 Å². The number of aromatic nitrogens is 2. The SMILES string of the molecule is CC(=O)Nc1cc(C)c(C)cc1C=NNc1nc(-c2ccccc2)c(C#N)c(=O)[nH]1. The quantitative estimate of drug-likeness (QED) is 0.448. The molecule has 0 aliphatic carbocycles. The topological polar surface area (TPSA) is 123 Å². The normalized spacial score (nSPS) is 10.6. The first-order valence-electron chi connectivity index (χ1n) is 9.16. The average molecular weight is 400 g/mol. The summed E-state index contributed by atoms with van der Waals surface area (Å²) in [5, 5.41) is 16.3. The van der Waals surface area contributed by atoms with Gasteiger partial charge in [0.2, 0.25) is 11.9 Å². The van der Waals surface area contributed by atoms with Gasteiger partial charge in [0.15, 0.2) is 0 Å². The molecule has 1 heterocycles. The molecule has 0 bridgehead atoms. The smallest absolute Gasteiger partial charge is 0.270 e. The Balaban J connectivity index is 1.93. The van der Waals surface area contributed by atoms with Crippen molar-refractivity contribution in [3.63, 3.8) is 0 Å². The number of nitriles is 1. The van der Waals surface area contributed by atoms with Gasteiger partial charge in [0, 0.05) is 23.7 Å². The van der Waals surface area contributed by atoms with Gasteiger partial charge in [0.1, 0.15) is 11.6 Å². The molecule has 3 N–H and O–H groups in total. The standard InChI is InChI=1S/C22H20N6O2/c1-13-9-17(19(10-14(13)2)25-15(3)29)12-24-28-22-26-20(16-7-5-4-6-8-16)18(11-23)21(30)27-22/h4-10,12H,1-3H3,(H,25,29)(H2,26,27,28,30). The van der Waals surface area contributed by atoms with Crippen LogP contribution in [0.15, 0.2) is 52.4 Å². The van der Waals surface area contributed by atoms with Crippen molar-refractivity contribution in [1.29, 1.82) is 5.26 Å². The molecule has 30 heavy (non-hydrogen) atoms. The molecular weight excluding hydrogens is 380 g/mol. The lowest BCUT2D eigenvalue weighted by Crippen LogP contribution is -2.16. The third-order valence-electron chi connectivity index (χ3n) is 4.43. The van der Waals surface area contributed by atoms with E-state index in [0.717, 1.165) is 11.1 Å². The van der Waals surface area contributed by atoms with Gasteiger partial charge in [-0.1, -0.05) is 30.3 Å². The van der Waals surface area contributed by atoms with Crippen LogP contribution in [0.25, 0.3) is 11.3 Å². The van der Waals surface area contributed by atoms with Crippen molar-refractivity contribution < 1.29 is 4.79 Å². The minimum atomic E-state index is -0.561. The summed E-state index contributed by atoms with van der Waals surface area (Å²) in [7, 11) is 0. The third-order valence-corrected chi connectivity index (χ3v) is 4.43. The van der Waals surface area contributed by atoms with Gasteiger partial charge in [-0.05, 0) is 37.1 Å². The average Bonchev–Trinajstić information content (AvgIpc) is 2.71. The van der Waals surface area contributed by atoms with Gasteiger partial charge >= 0.3 is 0 Å². The second-order valence-electron chi connectivity index (χ2n) is 6.69. The van der Waals surface area contributed by atoms with Gasteiger partial charge < -0.3 is 5.32 Å². The van der Waals surface area contributed by atoms with E-state index in [4.69, 9.17) is 0 Å². The van der Waals surface area contributed by atoms with Crippen LogP contribution in [0.1, 0.15) is 29.2 Å². The minimum Gasteiger partial charge on any atom is -0.326 e. The molecule has 0 spiro atoms. The van der Waals surface area contributed by atoms with Crippen LogP contribution < -0.4 is 16.3 Å². The summed E-state index contributed by atoms with van der Waals surface area (Å²) >= 11 is 0. The number of benzene rings is 2. The van der Waals surface area contributed by atoms with Crippen LogP contribution in [-0.4, -0.2) is 22.1 Å². The fourth-order valence-electron chi connectivity index (χ4n) is 2.84. The summed E-state index contributed by atoms with van der Waals surface area (Å²) in [6.45, 7) is 5.35. The lowest BCUT2D eigenvalue weighted by atomic mass is 10.0. The van der Waals surface area contributed by atoms with Crippen molar-refractivity contribution in [3.05, 3.63) is 75.1 Å². The highest BCUT2D eigenvalue weighted by atomic mass is 16.1. The van der Waals surface area contributed by atoms with E-state index in [9.17, 15) is 14.9 Å². The highest BCUT2D eigenvalue weighted by molar-refractivity contribution is 5.97. The molecule has 0 unspecified atom stereocenters. The minimum absolute atomic E-state index is 0.0715. The van der Waals surface area contributed by atoms with Gasteiger partial charge in [-0.15, -0.1) is 0 Å². The van der Waals surface area contributed by atoms with Crippen LogP contribution in [-0.2, 0) is 4.79 Å². The Hall–Kier alpha value is -4.25. The van der Waals surface area contributed by atoms with Crippen molar-refractivity contribution in [2.75, 3.05) is 10.7 Å². The van der Waals surface area contributed by atoms with Crippen molar-refractivity contribution in [2.45, 2.75) is 20.8 Å². The van der Waals surface area contributed by atoms with E-state index in [1.165, 1.54) is 13.1 Å². The summed E-state index contributed by atoms with van der Waals surface area (Å²) in [5.74, 6) is -0.0922. The van der Waals surface area contributed by atoms with Crippen LogP contribution in [0.2, 0.25) is 0 Å². The van der Waals surface area contributed by atoms with Crippen molar-refractivity contribution in [2.24, 2.45) is 5.10 Å². The maximum atomic E-state index is 12.3. The van der Waals surface area contributed by atoms with Crippen LogP contribution in [0.5, 0.6) is 0 Å². The zero-order valence-electron chi connectivity index (χ0n) is 16.8. The molecule has 0 saturated heterocycles. The number of nitrogens with zero attached hydrogens (tertiary/aromatic N) is 3. The number of hydrogen-bond acceptors (Lipinski definition) is 6. The predicted octanol–water partition coefficient (Wildman–Crippen LogP) is 3.33. The Morgan fingerprint density at radius 1 is 1.20 bits per heavy atom. The Bertz CT molecular complexity index is 1220. The molecule has 1 aromatic heterocycles. The molecule has 150 valence electrons. The Morgan fingerprint density at radius 3 is 2.57 bits per heavy atom. The van der Waals surface area contributed by atoms with Gasteiger partial charge in [-0.25, -0.2) is 10.4 Å². The summed E-state index contributed by atoms with van der Waals surface area (Å²) in [6.07, 6.45) is 1.53. The molecule has 0 aliphatic rings. The van der Waals surface area contributed by atoms with Crippen LogP contribution >= 0.6 is 0 Å². The number of hydrazone groups is 1. The Morgan fingerprint density at radius 2 is 1.90 bits per heavy atom. The molecule has 2 aromatic carbocycles. The van der Waals surface area contributed by atoms with Crippen LogP contribution in [0.3, 0.4) is 0 Å². The predicted molar refractivity (Wildman–Crippen MR) is 116 cm³/mol. The molecule has 8 heteroatoms. The lowest BCUT2D eigenvalue weighted by Gasteiger charge is -2.10. The second-order valence-corrected chi connectivity index (χ2v) is 6.69. The largest absolute Gasteiger partial charge is 0.326 e. The molecule has 3 rings (SSSR count). The van der Waals surface area contributed by atoms with E-state index < -0.39 is 5.56 Å². The molecule has 0 aliphatic heterocycles. The first-order valence-corrected chi connectivity index (χ1v) is 9.16. The number of hydrogen-bond donors (Lipinski definition) is 3. The van der Waals surface area contributed by atoms with Gasteiger partial charge in [0.25, 0.3) is 5.56 Å². The van der Waals surface area contributed by atoms with Crippen LogP contribution in [0.4, 0.5) is 11.6 Å². The van der Waals surface area contributed by atoms with Crippen LogP contribution in [0, 0.1) is 25.2 Å². The molecule has 8 nitrogen and oxygen atoms in total. The fraction of sp³-hybridized carbons (Fsp3) is 0.136. The fourth-order valence-corrected chi connectivity index (χ4v) is 2.84.